The fourth-order valence-corrected chi connectivity index (χ4v) is 3.11. The zero-order valence-electron chi connectivity index (χ0n) is 12.9. The first-order chi connectivity index (χ1) is 11.2. The average molecular weight is 325 g/mol. The van der Waals surface area contributed by atoms with Gasteiger partial charge in [-0.25, -0.2) is 5.43 Å². The third-order valence-electron chi connectivity index (χ3n) is 3.30. The lowest BCUT2D eigenvalue weighted by Crippen LogP contribution is -2.32. The third kappa shape index (κ3) is 3.39. The van der Waals surface area contributed by atoms with Crippen LogP contribution in [0, 0.1) is 5.41 Å². The van der Waals surface area contributed by atoms with Crippen molar-refractivity contribution in [2.45, 2.75) is 0 Å². The number of allylic oxidation sites excluding steroid dienone is 1. The predicted molar refractivity (Wildman–Crippen MR) is 101 cm³/mol. The lowest BCUT2D eigenvalue weighted by molar-refractivity contribution is 0.844. The minimum absolute atomic E-state index is 0.679. The summed E-state index contributed by atoms with van der Waals surface area (Å²) in [4.78, 5) is 5.94. The quantitative estimate of drug-likeness (QED) is 0.537. The fraction of sp³-hybridized carbons (Fsp3) is 0.0588. The van der Waals surface area contributed by atoms with Gasteiger partial charge in [0, 0.05) is 29.9 Å². The second-order valence-corrected chi connectivity index (χ2v) is 5.67. The van der Waals surface area contributed by atoms with Gasteiger partial charge >= 0.3 is 0 Å². The largest absolute Gasteiger partial charge is 0.404 e. The number of rotatable bonds is 7. The number of benzene rings is 1. The Morgan fingerprint density at radius 3 is 2.61 bits per heavy atom. The highest BCUT2D eigenvalue weighted by Gasteiger charge is 2.16. The van der Waals surface area contributed by atoms with Crippen molar-refractivity contribution in [1.82, 2.24) is 5.43 Å². The molecular weight excluding hydrogens is 306 g/mol. The molecule has 0 aliphatic heterocycles. The summed E-state index contributed by atoms with van der Waals surface area (Å²) >= 11 is 1.52. The summed E-state index contributed by atoms with van der Waals surface area (Å²) in [7, 11) is 1.82. The van der Waals surface area contributed by atoms with E-state index in [9.17, 15) is 0 Å². The van der Waals surface area contributed by atoms with Gasteiger partial charge in [0.05, 0.1) is 21.9 Å². The normalized spacial score (nSPS) is 11.1. The Hall–Kier alpha value is -2.70. The van der Waals surface area contributed by atoms with Gasteiger partial charge in [-0.05, 0) is 31.0 Å². The second kappa shape index (κ2) is 7.53. The van der Waals surface area contributed by atoms with E-state index < -0.39 is 0 Å². The molecule has 0 unspecified atom stereocenters. The number of hydrazine groups is 1. The number of para-hydroxylation sites is 2. The molecule has 4 N–H and O–H groups in total. The van der Waals surface area contributed by atoms with Gasteiger partial charge in [0.2, 0.25) is 0 Å². The predicted octanol–water partition coefficient (Wildman–Crippen LogP) is 3.64. The summed E-state index contributed by atoms with van der Waals surface area (Å²) in [6, 6.07) is 11.6. The Kier molecular flexibility index (Phi) is 5.46. The average Bonchev–Trinajstić information content (AvgIpc) is 3.07. The molecule has 0 saturated heterocycles. The van der Waals surface area contributed by atoms with E-state index in [0.717, 1.165) is 26.8 Å². The number of hydrogen-bond donors (Lipinski definition) is 3. The Balaban J connectivity index is 2.38. The van der Waals surface area contributed by atoms with Gasteiger partial charge in [0.1, 0.15) is 0 Å². The molecule has 1 aromatic carbocycles. The Labute approximate surface area is 140 Å². The summed E-state index contributed by atoms with van der Waals surface area (Å²) in [6.45, 7) is 7.79. The molecule has 0 saturated carbocycles. The third-order valence-corrected chi connectivity index (χ3v) is 4.48. The highest BCUT2D eigenvalue weighted by atomic mass is 32.1. The van der Waals surface area contributed by atoms with E-state index >= 15 is 0 Å². The van der Waals surface area contributed by atoms with Crippen LogP contribution in [0.3, 0.4) is 0 Å². The molecule has 2 rings (SSSR count). The molecule has 0 atom stereocenters. The summed E-state index contributed by atoms with van der Waals surface area (Å²) in [5, 5.41) is 9.25. The summed E-state index contributed by atoms with van der Waals surface area (Å²) < 4.78 is 0. The molecule has 0 radical (unpaired) electrons. The van der Waals surface area contributed by atoms with Crippen LogP contribution in [-0.2, 0) is 0 Å². The molecule has 6 heteroatoms. The topological polar surface area (TPSA) is 77.5 Å². The molecule has 0 bridgehead atoms. The van der Waals surface area contributed by atoms with Crippen molar-refractivity contribution in [3.63, 3.8) is 0 Å². The van der Waals surface area contributed by atoms with E-state index in [1.807, 2.05) is 48.5 Å². The SMILES string of the molecule is C=Nc1ccccc1N(NC)C(=C)c1ccc(/C(C=N)=C/N)s1. The Bertz CT molecular complexity index is 760. The Morgan fingerprint density at radius 2 is 2.00 bits per heavy atom. The zero-order valence-corrected chi connectivity index (χ0v) is 13.7. The molecular formula is C17H19N5S. The van der Waals surface area contributed by atoms with E-state index in [0.29, 0.717) is 5.57 Å². The van der Waals surface area contributed by atoms with Crippen LogP contribution in [0.2, 0.25) is 0 Å². The molecule has 118 valence electrons. The van der Waals surface area contributed by atoms with Crippen molar-refractivity contribution < 1.29 is 0 Å². The van der Waals surface area contributed by atoms with E-state index in [1.165, 1.54) is 23.8 Å². The number of anilines is 1. The van der Waals surface area contributed by atoms with Crippen molar-refractivity contribution in [2.75, 3.05) is 12.1 Å². The highest BCUT2D eigenvalue weighted by Crippen LogP contribution is 2.34. The van der Waals surface area contributed by atoms with Gasteiger partial charge in [-0.1, -0.05) is 18.7 Å². The number of aliphatic imine (C=N–C) groups is 1. The molecule has 0 aliphatic rings. The number of nitrogens with two attached hydrogens (primary N) is 1. The van der Waals surface area contributed by atoms with E-state index in [2.05, 4.69) is 23.7 Å². The molecule has 5 nitrogen and oxygen atoms in total. The summed E-state index contributed by atoms with van der Waals surface area (Å²) in [5.74, 6) is 0. The van der Waals surface area contributed by atoms with Gasteiger partial charge in [0.15, 0.2) is 0 Å². The van der Waals surface area contributed by atoms with Gasteiger partial charge in [-0.15, -0.1) is 11.3 Å². The second-order valence-electron chi connectivity index (χ2n) is 4.58. The molecule has 2 aromatic rings. The van der Waals surface area contributed by atoms with Crippen LogP contribution >= 0.6 is 11.3 Å². The minimum atomic E-state index is 0.679. The number of hydrogen-bond acceptors (Lipinski definition) is 6. The molecule has 23 heavy (non-hydrogen) atoms. The first-order valence-electron chi connectivity index (χ1n) is 6.91. The maximum atomic E-state index is 7.39. The van der Waals surface area contributed by atoms with Crippen LogP contribution in [-0.4, -0.2) is 20.0 Å². The van der Waals surface area contributed by atoms with Crippen molar-refractivity contribution in [1.29, 1.82) is 5.41 Å². The van der Waals surface area contributed by atoms with Crippen molar-refractivity contribution >= 4 is 46.9 Å². The first-order valence-corrected chi connectivity index (χ1v) is 7.73. The Morgan fingerprint density at radius 1 is 1.30 bits per heavy atom. The molecule has 0 aliphatic carbocycles. The van der Waals surface area contributed by atoms with Crippen molar-refractivity contribution in [3.8, 4) is 0 Å². The van der Waals surface area contributed by atoms with E-state index in [4.69, 9.17) is 11.1 Å². The van der Waals surface area contributed by atoms with Crippen LogP contribution in [0.4, 0.5) is 11.4 Å². The van der Waals surface area contributed by atoms with Crippen LogP contribution < -0.4 is 16.2 Å². The minimum Gasteiger partial charge on any atom is -0.404 e. The van der Waals surface area contributed by atoms with Gasteiger partial charge in [-0.2, -0.15) is 0 Å². The number of nitrogens with one attached hydrogen (secondary N) is 2. The molecule has 0 fully saturated rings. The lowest BCUT2D eigenvalue weighted by atomic mass is 10.2. The molecule has 0 spiro atoms. The molecule has 1 aromatic heterocycles. The monoisotopic (exact) mass is 325 g/mol. The summed E-state index contributed by atoms with van der Waals surface area (Å²) in [6.07, 6.45) is 2.67. The van der Waals surface area contributed by atoms with Crippen LogP contribution in [0.1, 0.15) is 9.75 Å². The standard InChI is InChI=1S/C17H19N5S/c1-12(16-8-9-17(23-16)13(10-18)11-19)22(21-3)15-7-5-4-6-14(15)20-2/h4-11,18,21H,1-2,19H2,3H3/b13-11+,18-10?. The zero-order chi connectivity index (χ0) is 16.8. The van der Waals surface area contributed by atoms with Gasteiger partial charge in [0.25, 0.3) is 0 Å². The summed E-state index contributed by atoms with van der Waals surface area (Å²) in [5.41, 5.74) is 11.8. The smallest absolute Gasteiger partial charge is 0.0874 e. The maximum Gasteiger partial charge on any atom is 0.0874 e. The van der Waals surface area contributed by atoms with Crippen LogP contribution in [0.25, 0.3) is 11.3 Å². The van der Waals surface area contributed by atoms with Crippen LogP contribution in [0.15, 0.2) is 54.2 Å². The van der Waals surface area contributed by atoms with Gasteiger partial charge in [-0.3, -0.25) is 10.0 Å². The number of thiophene rings is 1. The molecule has 0 amide bonds. The van der Waals surface area contributed by atoms with Gasteiger partial charge < -0.3 is 11.1 Å². The molecule has 1 heterocycles. The van der Waals surface area contributed by atoms with Crippen LogP contribution in [0.5, 0.6) is 0 Å². The van der Waals surface area contributed by atoms with Crippen molar-refractivity contribution in [3.05, 3.63) is 58.9 Å². The maximum absolute atomic E-state index is 7.39. The lowest BCUT2D eigenvalue weighted by Gasteiger charge is -2.26. The number of nitrogens with zero attached hydrogens (tertiary/aromatic N) is 2. The fourth-order valence-electron chi connectivity index (χ4n) is 2.15. The van der Waals surface area contributed by atoms with E-state index in [1.54, 1.807) is 0 Å². The first kappa shape index (κ1) is 16.7. The van der Waals surface area contributed by atoms with Crippen molar-refractivity contribution in [2.24, 2.45) is 10.7 Å². The van der Waals surface area contributed by atoms with E-state index in [-0.39, 0.29) is 0 Å². The highest BCUT2D eigenvalue weighted by molar-refractivity contribution is 7.14.